The summed E-state index contributed by atoms with van der Waals surface area (Å²) in [6.07, 6.45) is 2.17. The fourth-order valence-corrected chi connectivity index (χ4v) is 5.26. The molecule has 2 heterocycles. The molecule has 3 aromatic rings. The summed E-state index contributed by atoms with van der Waals surface area (Å²) in [5.74, 6) is 0.209. The number of aromatic nitrogens is 3. The van der Waals surface area contributed by atoms with Crippen molar-refractivity contribution in [2.45, 2.75) is 38.6 Å². The number of amides is 1. The van der Waals surface area contributed by atoms with Crippen LogP contribution in [0.4, 0.5) is 0 Å². The van der Waals surface area contributed by atoms with Gasteiger partial charge in [-0.15, -0.1) is 10.2 Å². The van der Waals surface area contributed by atoms with Crippen molar-refractivity contribution in [3.05, 3.63) is 53.1 Å². The molecule has 1 aromatic carbocycles. The predicted molar refractivity (Wildman–Crippen MR) is 125 cm³/mol. The molecule has 0 unspecified atom stereocenters. The van der Waals surface area contributed by atoms with Gasteiger partial charge in [-0.1, -0.05) is 44.5 Å². The number of halogens is 1. The van der Waals surface area contributed by atoms with Gasteiger partial charge in [0.2, 0.25) is 21.8 Å². The number of nitrogens with zero attached hydrogens (tertiary/aromatic N) is 5. The van der Waals surface area contributed by atoms with Gasteiger partial charge >= 0.3 is 0 Å². The average Bonchev–Trinajstić information content (AvgIpc) is 3.41. The Morgan fingerprint density at radius 1 is 1.15 bits per heavy atom. The van der Waals surface area contributed by atoms with E-state index in [4.69, 9.17) is 16.0 Å². The quantitative estimate of drug-likeness (QED) is 0.425. The van der Waals surface area contributed by atoms with Crippen LogP contribution in [0, 0.1) is 0 Å². The van der Waals surface area contributed by atoms with Crippen LogP contribution in [0.15, 0.2) is 45.8 Å². The van der Waals surface area contributed by atoms with Gasteiger partial charge in [-0.05, 0) is 24.6 Å². The van der Waals surface area contributed by atoms with Crippen LogP contribution < -0.4 is 0 Å². The minimum atomic E-state index is -3.68. The third-order valence-electron chi connectivity index (χ3n) is 5.22. The highest BCUT2D eigenvalue weighted by Crippen LogP contribution is 2.27. The van der Waals surface area contributed by atoms with Crippen LogP contribution in [-0.4, -0.2) is 57.9 Å². The number of carbonyl (C=O) groups excluding carboxylic acids is 1. The Morgan fingerprint density at radius 3 is 2.48 bits per heavy atom. The van der Waals surface area contributed by atoms with Crippen molar-refractivity contribution < 1.29 is 17.6 Å². The van der Waals surface area contributed by atoms with Crippen LogP contribution in [0.3, 0.4) is 0 Å². The number of sulfonamides is 1. The van der Waals surface area contributed by atoms with E-state index < -0.39 is 10.0 Å². The van der Waals surface area contributed by atoms with E-state index in [0.29, 0.717) is 36.6 Å². The van der Waals surface area contributed by atoms with Gasteiger partial charge in [0.05, 0.1) is 17.1 Å². The van der Waals surface area contributed by atoms with Crippen LogP contribution in [0.2, 0.25) is 5.02 Å². The highest BCUT2D eigenvalue weighted by molar-refractivity contribution is 7.89. The lowest BCUT2D eigenvalue weighted by Gasteiger charge is -2.20. The molecule has 0 fully saturated rings. The van der Waals surface area contributed by atoms with Crippen LogP contribution in [0.25, 0.3) is 11.5 Å². The molecule has 0 saturated heterocycles. The lowest BCUT2D eigenvalue weighted by atomic mass is 10.2. The summed E-state index contributed by atoms with van der Waals surface area (Å²) in [5.41, 5.74) is 0.875. The number of rotatable bonds is 10. The Kier molecular flexibility index (Phi) is 7.93. The molecule has 11 heteroatoms. The van der Waals surface area contributed by atoms with E-state index in [1.165, 1.54) is 21.1 Å². The first-order valence-corrected chi connectivity index (χ1v) is 12.6. The van der Waals surface area contributed by atoms with Gasteiger partial charge in [-0.25, -0.2) is 8.42 Å². The fourth-order valence-electron chi connectivity index (χ4n) is 3.51. The van der Waals surface area contributed by atoms with Crippen LogP contribution in [-0.2, 0) is 23.6 Å². The molecule has 3 rings (SSSR count). The Bertz CT molecular complexity index is 1220. The predicted octanol–water partition coefficient (Wildman–Crippen LogP) is 3.81. The van der Waals surface area contributed by atoms with Gasteiger partial charge < -0.3 is 13.9 Å². The normalized spacial score (nSPS) is 11.8. The van der Waals surface area contributed by atoms with E-state index in [9.17, 15) is 13.2 Å². The highest BCUT2D eigenvalue weighted by atomic mass is 35.5. The molecule has 0 radical (unpaired) electrons. The van der Waals surface area contributed by atoms with E-state index in [1.807, 2.05) is 13.0 Å². The zero-order valence-corrected chi connectivity index (χ0v) is 20.7. The van der Waals surface area contributed by atoms with Crippen molar-refractivity contribution in [1.29, 1.82) is 0 Å². The molecule has 0 atom stereocenters. The first kappa shape index (κ1) is 24.9. The maximum absolute atomic E-state index is 13.3. The minimum absolute atomic E-state index is 0.0901. The zero-order valence-electron chi connectivity index (χ0n) is 19.2. The van der Waals surface area contributed by atoms with Crippen molar-refractivity contribution in [2.75, 3.05) is 19.6 Å². The van der Waals surface area contributed by atoms with E-state index in [0.717, 1.165) is 0 Å². The van der Waals surface area contributed by atoms with Gasteiger partial charge in [0, 0.05) is 32.9 Å². The van der Waals surface area contributed by atoms with Gasteiger partial charge in [-0.2, -0.15) is 4.31 Å². The molecule has 9 nitrogen and oxygen atoms in total. The maximum Gasteiger partial charge on any atom is 0.270 e. The molecule has 0 bridgehead atoms. The Balaban J connectivity index is 1.86. The first-order chi connectivity index (χ1) is 15.7. The number of hydrogen-bond acceptors (Lipinski definition) is 6. The van der Waals surface area contributed by atoms with Crippen molar-refractivity contribution in [3.8, 4) is 11.5 Å². The second-order valence-corrected chi connectivity index (χ2v) is 9.81. The molecule has 1 amide bonds. The summed E-state index contributed by atoms with van der Waals surface area (Å²) in [6.45, 7) is 6.73. The smallest absolute Gasteiger partial charge is 0.270 e. The number of aryl methyl sites for hydroxylation is 1. The Hall–Kier alpha value is -2.69. The van der Waals surface area contributed by atoms with Crippen molar-refractivity contribution >= 4 is 27.5 Å². The number of hydrogen-bond donors (Lipinski definition) is 0. The monoisotopic (exact) mass is 493 g/mol. The standard InChI is InChI=1S/C22H28ClN5O4S/c1-5-12-27(15-20-24-25-21(32-20)17-10-8-9-11-18(17)23)22(29)19-13-16(14-26(19)4)33(30,31)28(6-2)7-3/h8-11,13-14H,5-7,12,15H2,1-4H3. The molecule has 0 aliphatic heterocycles. The third-order valence-corrected chi connectivity index (χ3v) is 7.56. The molecule has 0 aliphatic rings. The topological polar surface area (TPSA) is 102 Å². The summed E-state index contributed by atoms with van der Waals surface area (Å²) >= 11 is 6.21. The Labute approximate surface area is 199 Å². The third kappa shape index (κ3) is 5.29. The van der Waals surface area contributed by atoms with Crippen LogP contribution in [0.1, 0.15) is 43.6 Å². The van der Waals surface area contributed by atoms with Crippen molar-refractivity contribution in [1.82, 2.24) is 24.0 Å². The first-order valence-electron chi connectivity index (χ1n) is 10.8. The zero-order chi connectivity index (χ0) is 24.2. The molecular weight excluding hydrogens is 466 g/mol. The second kappa shape index (κ2) is 10.5. The van der Waals surface area contributed by atoms with Crippen molar-refractivity contribution in [2.24, 2.45) is 7.05 Å². The SMILES string of the molecule is CCCN(Cc1nnc(-c2ccccc2Cl)o1)C(=O)c1cc(S(=O)(=O)N(CC)CC)cn1C. The fraction of sp³-hybridized carbons (Fsp3) is 0.409. The largest absolute Gasteiger partial charge is 0.419 e. The summed E-state index contributed by atoms with van der Waals surface area (Å²) < 4.78 is 34.4. The second-order valence-electron chi connectivity index (χ2n) is 7.47. The van der Waals surface area contributed by atoms with E-state index >= 15 is 0 Å². The van der Waals surface area contributed by atoms with E-state index in [-0.39, 0.29) is 34.8 Å². The number of carbonyl (C=O) groups is 1. The molecule has 0 spiro atoms. The molecule has 0 N–H and O–H groups in total. The van der Waals surface area contributed by atoms with Gasteiger partial charge in [-0.3, -0.25) is 4.79 Å². The molecular formula is C22H28ClN5O4S. The summed E-state index contributed by atoms with van der Waals surface area (Å²) in [6, 6.07) is 8.54. The summed E-state index contributed by atoms with van der Waals surface area (Å²) in [4.78, 5) is 15.0. The highest BCUT2D eigenvalue weighted by Gasteiger charge is 2.27. The van der Waals surface area contributed by atoms with Gasteiger partial charge in [0.25, 0.3) is 5.91 Å². The molecule has 0 saturated carbocycles. The van der Waals surface area contributed by atoms with Crippen LogP contribution in [0.5, 0.6) is 0 Å². The minimum Gasteiger partial charge on any atom is -0.419 e. The molecule has 2 aromatic heterocycles. The molecule has 0 aliphatic carbocycles. The van der Waals surface area contributed by atoms with Gasteiger partial charge in [0.15, 0.2) is 0 Å². The van der Waals surface area contributed by atoms with E-state index in [2.05, 4.69) is 10.2 Å². The average molecular weight is 494 g/mol. The molecule has 33 heavy (non-hydrogen) atoms. The number of benzene rings is 1. The Morgan fingerprint density at radius 2 is 1.85 bits per heavy atom. The summed E-state index contributed by atoms with van der Waals surface area (Å²) in [7, 11) is -2.02. The van der Waals surface area contributed by atoms with Gasteiger partial charge in [0.1, 0.15) is 10.6 Å². The lowest BCUT2D eigenvalue weighted by molar-refractivity contribution is 0.0719. The lowest BCUT2D eigenvalue weighted by Crippen LogP contribution is -2.32. The maximum atomic E-state index is 13.3. The van der Waals surface area contributed by atoms with E-state index in [1.54, 1.807) is 44.0 Å². The summed E-state index contributed by atoms with van der Waals surface area (Å²) in [5, 5.41) is 8.61. The van der Waals surface area contributed by atoms with Crippen LogP contribution >= 0.6 is 11.6 Å². The van der Waals surface area contributed by atoms with Crippen molar-refractivity contribution in [3.63, 3.8) is 0 Å². The molecule has 178 valence electrons.